The van der Waals surface area contributed by atoms with Gasteiger partial charge in [0.25, 0.3) is 0 Å². The summed E-state index contributed by atoms with van der Waals surface area (Å²) in [5, 5.41) is 8.86. The van der Waals surface area contributed by atoms with E-state index in [0.717, 1.165) is 0 Å². The average molecular weight is 233 g/mol. The monoisotopic (exact) mass is 233 g/mol. The van der Waals surface area contributed by atoms with Crippen molar-refractivity contribution in [3.05, 3.63) is 0 Å². The molecule has 16 heavy (non-hydrogen) atoms. The molecule has 1 unspecified atom stereocenters. The number of hydrogen-bond acceptors (Lipinski definition) is 5. The SMILES string of the molecule is C[C@@H](OC(=O)OCC(C)(N)CO)C(C)(C)C. The molecule has 0 aliphatic heterocycles. The van der Waals surface area contributed by atoms with Gasteiger partial charge in [0.15, 0.2) is 0 Å². The van der Waals surface area contributed by atoms with Gasteiger partial charge in [-0.05, 0) is 19.3 Å². The topological polar surface area (TPSA) is 81.8 Å². The molecule has 5 nitrogen and oxygen atoms in total. The van der Waals surface area contributed by atoms with Crippen molar-refractivity contribution >= 4 is 6.16 Å². The minimum Gasteiger partial charge on any atom is -0.432 e. The quantitative estimate of drug-likeness (QED) is 0.715. The van der Waals surface area contributed by atoms with Gasteiger partial charge in [-0.25, -0.2) is 4.79 Å². The van der Waals surface area contributed by atoms with Crippen LogP contribution in [0.15, 0.2) is 0 Å². The third-order valence-electron chi connectivity index (χ3n) is 2.37. The van der Waals surface area contributed by atoms with E-state index in [1.807, 2.05) is 20.8 Å². The number of rotatable bonds is 4. The molecule has 5 heteroatoms. The number of aliphatic hydroxyl groups is 1. The van der Waals surface area contributed by atoms with E-state index in [2.05, 4.69) is 0 Å². The fourth-order valence-electron chi connectivity index (χ4n) is 0.625. The zero-order valence-corrected chi connectivity index (χ0v) is 10.7. The molecule has 0 aromatic heterocycles. The fraction of sp³-hybridized carbons (Fsp3) is 0.909. The first kappa shape index (κ1) is 15.2. The van der Waals surface area contributed by atoms with Gasteiger partial charge < -0.3 is 20.3 Å². The third-order valence-corrected chi connectivity index (χ3v) is 2.37. The summed E-state index contributed by atoms with van der Waals surface area (Å²) in [5.41, 5.74) is 4.53. The third kappa shape index (κ3) is 5.92. The summed E-state index contributed by atoms with van der Waals surface area (Å²) in [6.07, 6.45) is -1.01. The summed E-state index contributed by atoms with van der Waals surface area (Å²) in [5.74, 6) is 0. The Morgan fingerprint density at radius 1 is 1.38 bits per heavy atom. The molecule has 0 saturated carbocycles. The fourth-order valence-corrected chi connectivity index (χ4v) is 0.625. The molecule has 0 bridgehead atoms. The van der Waals surface area contributed by atoms with Crippen molar-refractivity contribution in [3.63, 3.8) is 0 Å². The molecule has 0 aromatic rings. The highest BCUT2D eigenvalue weighted by atomic mass is 16.7. The van der Waals surface area contributed by atoms with E-state index in [0.29, 0.717) is 0 Å². The van der Waals surface area contributed by atoms with Crippen molar-refractivity contribution < 1.29 is 19.4 Å². The lowest BCUT2D eigenvalue weighted by Crippen LogP contribution is -2.45. The normalized spacial score (nSPS) is 17.4. The number of nitrogens with two attached hydrogens (primary N) is 1. The van der Waals surface area contributed by atoms with Gasteiger partial charge >= 0.3 is 6.16 Å². The molecule has 0 rings (SSSR count). The summed E-state index contributed by atoms with van der Waals surface area (Å²) in [6, 6.07) is 0. The lowest BCUT2D eigenvalue weighted by atomic mass is 9.90. The standard InChI is InChI=1S/C11H23NO4/c1-8(10(2,3)4)16-9(14)15-7-11(5,12)6-13/h8,13H,6-7,12H2,1-5H3/t8-,11?/m1/s1. The largest absolute Gasteiger partial charge is 0.508 e. The van der Waals surface area contributed by atoms with E-state index in [1.54, 1.807) is 13.8 Å². The second kappa shape index (κ2) is 5.50. The maximum absolute atomic E-state index is 11.3. The zero-order chi connectivity index (χ0) is 13.0. The van der Waals surface area contributed by atoms with Crippen molar-refractivity contribution in [2.45, 2.75) is 46.3 Å². The lowest BCUT2D eigenvalue weighted by molar-refractivity contribution is -0.0188. The van der Waals surface area contributed by atoms with Crippen molar-refractivity contribution in [1.82, 2.24) is 0 Å². The van der Waals surface area contributed by atoms with Crippen molar-refractivity contribution in [2.75, 3.05) is 13.2 Å². The molecule has 2 atom stereocenters. The second-order valence-corrected chi connectivity index (χ2v) is 5.48. The van der Waals surface area contributed by atoms with Crippen LogP contribution in [0.2, 0.25) is 0 Å². The predicted molar refractivity (Wildman–Crippen MR) is 61.0 cm³/mol. The first-order valence-electron chi connectivity index (χ1n) is 5.31. The maximum atomic E-state index is 11.3. The molecule has 0 amide bonds. The maximum Gasteiger partial charge on any atom is 0.508 e. The Labute approximate surface area is 96.9 Å². The number of carbonyl (C=O) groups excluding carboxylic acids is 1. The molecule has 3 N–H and O–H groups in total. The molecular formula is C11H23NO4. The van der Waals surface area contributed by atoms with E-state index in [-0.39, 0.29) is 24.7 Å². The van der Waals surface area contributed by atoms with Crippen LogP contribution in [0.3, 0.4) is 0 Å². The molecule has 0 fully saturated rings. The van der Waals surface area contributed by atoms with Gasteiger partial charge in [0, 0.05) is 0 Å². The number of carbonyl (C=O) groups is 1. The van der Waals surface area contributed by atoms with E-state index < -0.39 is 11.7 Å². The van der Waals surface area contributed by atoms with Crippen LogP contribution >= 0.6 is 0 Å². The van der Waals surface area contributed by atoms with Gasteiger partial charge in [0.2, 0.25) is 0 Å². The molecular weight excluding hydrogens is 210 g/mol. The Kier molecular flexibility index (Phi) is 5.22. The summed E-state index contributed by atoms with van der Waals surface area (Å²) in [7, 11) is 0. The highest BCUT2D eigenvalue weighted by Gasteiger charge is 2.26. The smallest absolute Gasteiger partial charge is 0.432 e. The van der Waals surface area contributed by atoms with Crippen molar-refractivity contribution in [1.29, 1.82) is 0 Å². The summed E-state index contributed by atoms with van der Waals surface area (Å²) < 4.78 is 9.87. The highest BCUT2D eigenvalue weighted by molar-refractivity contribution is 5.60. The molecule has 0 saturated heterocycles. The van der Waals surface area contributed by atoms with Gasteiger partial charge in [-0.1, -0.05) is 20.8 Å². The van der Waals surface area contributed by atoms with E-state index in [4.69, 9.17) is 20.3 Å². The summed E-state index contributed by atoms with van der Waals surface area (Å²) in [4.78, 5) is 11.3. The van der Waals surface area contributed by atoms with Gasteiger partial charge in [0.05, 0.1) is 12.1 Å². The number of aliphatic hydroxyl groups excluding tert-OH is 1. The van der Waals surface area contributed by atoms with Crippen LogP contribution in [0.5, 0.6) is 0 Å². The average Bonchev–Trinajstić information content (AvgIpc) is 2.13. The minimum absolute atomic E-state index is 0.0702. The lowest BCUT2D eigenvalue weighted by Gasteiger charge is -2.27. The van der Waals surface area contributed by atoms with Crippen LogP contribution in [0.25, 0.3) is 0 Å². The van der Waals surface area contributed by atoms with E-state index in [1.165, 1.54) is 0 Å². The van der Waals surface area contributed by atoms with Crippen LogP contribution in [-0.2, 0) is 9.47 Å². The van der Waals surface area contributed by atoms with Gasteiger partial charge in [-0.15, -0.1) is 0 Å². The summed E-state index contributed by atoms with van der Waals surface area (Å²) >= 11 is 0. The molecule has 0 radical (unpaired) electrons. The highest BCUT2D eigenvalue weighted by Crippen LogP contribution is 2.22. The Balaban J connectivity index is 4.02. The Bertz CT molecular complexity index is 233. The number of ether oxygens (including phenoxy) is 2. The van der Waals surface area contributed by atoms with Gasteiger partial charge in [0.1, 0.15) is 12.7 Å². The molecule has 0 heterocycles. The minimum atomic E-state index is -0.927. The van der Waals surface area contributed by atoms with Crippen molar-refractivity contribution in [3.8, 4) is 0 Å². The summed E-state index contributed by atoms with van der Waals surface area (Å²) in [6.45, 7) is 8.96. The molecule has 96 valence electrons. The first-order chi connectivity index (χ1) is 7.08. The number of hydrogen-bond donors (Lipinski definition) is 2. The van der Waals surface area contributed by atoms with E-state index in [9.17, 15) is 4.79 Å². The Hall–Kier alpha value is -0.810. The molecule has 0 aliphatic carbocycles. The van der Waals surface area contributed by atoms with Crippen molar-refractivity contribution in [2.24, 2.45) is 11.1 Å². The van der Waals surface area contributed by atoms with Gasteiger partial charge in [-0.2, -0.15) is 0 Å². The second-order valence-electron chi connectivity index (χ2n) is 5.48. The van der Waals surface area contributed by atoms with Crippen LogP contribution in [0, 0.1) is 5.41 Å². The van der Waals surface area contributed by atoms with E-state index >= 15 is 0 Å². The first-order valence-corrected chi connectivity index (χ1v) is 5.31. The Morgan fingerprint density at radius 3 is 2.25 bits per heavy atom. The molecule has 0 spiro atoms. The predicted octanol–water partition coefficient (Wildman–Crippen LogP) is 1.28. The van der Waals surface area contributed by atoms with Gasteiger partial charge in [-0.3, -0.25) is 0 Å². The van der Waals surface area contributed by atoms with Crippen LogP contribution in [-0.4, -0.2) is 36.1 Å². The van der Waals surface area contributed by atoms with Crippen LogP contribution < -0.4 is 5.73 Å². The van der Waals surface area contributed by atoms with Crippen LogP contribution in [0.4, 0.5) is 4.79 Å². The Morgan fingerprint density at radius 2 is 1.88 bits per heavy atom. The zero-order valence-electron chi connectivity index (χ0n) is 10.7. The molecule has 0 aliphatic rings. The van der Waals surface area contributed by atoms with Crippen LogP contribution in [0.1, 0.15) is 34.6 Å². The molecule has 0 aromatic carbocycles.